The summed E-state index contributed by atoms with van der Waals surface area (Å²) in [4.78, 5) is 0. The summed E-state index contributed by atoms with van der Waals surface area (Å²) in [6.45, 7) is 3.98. The lowest BCUT2D eigenvalue weighted by Crippen LogP contribution is -2.36. The van der Waals surface area contributed by atoms with Crippen molar-refractivity contribution in [1.29, 1.82) is 0 Å². The molecule has 2 fully saturated rings. The molecule has 2 aliphatic rings. The average molecular weight is 155 g/mol. The van der Waals surface area contributed by atoms with Crippen LogP contribution >= 0.6 is 0 Å². The monoisotopic (exact) mass is 155 g/mol. The molecule has 1 saturated heterocycles. The SMILES string of the molecule is CC1(CN)CCOC1C1CC1. The van der Waals surface area contributed by atoms with Gasteiger partial charge in [-0.2, -0.15) is 0 Å². The van der Waals surface area contributed by atoms with Crippen LogP contribution in [0, 0.1) is 11.3 Å². The zero-order valence-electron chi connectivity index (χ0n) is 7.18. The van der Waals surface area contributed by atoms with Crippen LogP contribution in [0.4, 0.5) is 0 Å². The fourth-order valence-corrected chi connectivity index (χ4v) is 2.08. The molecule has 64 valence electrons. The second kappa shape index (κ2) is 2.46. The molecule has 1 saturated carbocycles. The van der Waals surface area contributed by atoms with Crippen molar-refractivity contribution in [2.45, 2.75) is 32.3 Å². The van der Waals surface area contributed by atoms with Gasteiger partial charge in [-0.15, -0.1) is 0 Å². The Kier molecular flexibility index (Phi) is 1.69. The third-order valence-corrected chi connectivity index (χ3v) is 3.17. The van der Waals surface area contributed by atoms with Gasteiger partial charge in [0.1, 0.15) is 0 Å². The minimum absolute atomic E-state index is 0.293. The Balaban J connectivity index is 2.05. The Morgan fingerprint density at radius 2 is 2.27 bits per heavy atom. The van der Waals surface area contributed by atoms with Crippen molar-refractivity contribution in [2.24, 2.45) is 17.1 Å². The van der Waals surface area contributed by atoms with Gasteiger partial charge in [-0.05, 0) is 25.2 Å². The minimum Gasteiger partial charge on any atom is -0.377 e. The van der Waals surface area contributed by atoms with Crippen LogP contribution in [0.5, 0.6) is 0 Å². The Labute approximate surface area is 68.1 Å². The van der Waals surface area contributed by atoms with Crippen LogP contribution in [0.2, 0.25) is 0 Å². The maximum atomic E-state index is 5.74. The molecule has 0 bridgehead atoms. The molecule has 0 amide bonds. The van der Waals surface area contributed by atoms with Crippen molar-refractivity contribution in [1.82, 2.24) is 0 Å². The highest BCUT2D eigenvalue weighted by Gasteiger charge is 2.47. The van der Waals surface area contributed by atoms with E-state index >= 15 is 0 Å². The number of hydrogen-bond acceptors (Lipinski definition) is 2. The Morgan fingerprint density at radius 1 is 1.55 bits per heavy atom. The molecule has 11 heavy (non-hydrogen) atoms. The van der Waals surface area contributed by atoms with E-state index in [9.17, 15) is 0 Å². The van der Waals surface area contributed by atoms with Gasteiger partial charge in [0.15, 0.2) is 0 Å². The molecule has 0 aromatic carbocycles. The number of rotatable bonds is 2. The Hall–Kier alpha value is -0.0800. The van der Waals surface area contributed by atoms with Gasteiger partial charge in [0.05, 0.1) is 6.10 Å². The molecule has 0 aromatic heterocycles. The molecule has 2 heteroatoms. The van der Waals surface area contributed by atoms with Crippen molar-refractivity contribution < 1.29 is 4.74 Å². The molecule has 2 nitrogen and oxygen atoms in total. The van der Waals surface area contributed by atoms with Crippen LogP contribution < -0.4 is 5.73 Å². The zero-order valence-corrected chi connectivity index (χ0v) is 7.18. The largest absolute Gasteiger partial charge is 0.377 e. The summed E-state index contributed by atoms with van der Waals surface area (Å²) in [5.41, 5.74) is 6.04. The molecular weight excluding hydrogens is 138 g/mol. The van der Waals surface area contributed by atoms with Crippen LogP contribution in [0.1, 0.15) is 26.2 Å². The van der Waals surface area contributed by atoms with Gasteiger partial charge in [0, 0.05) is 18.6 Å². The first-order chi connectivity index (χ1) is 5.26. The van der Waals surface area contributed by atoms with E-state index in [1.165, 1.54) is 12.8 Å². The molecule has 2 rings (SSSR count). The molecule has 1 heterocycles. The lowest BCUT2D eigenvalue weighted by atomic mass is 9.81. The second-order valence-corrected chi connectivity index (χ2v) is 4.24. The number of hydrogen-bond donors (Lipinski definition) is 1. The van der Waals surface area contributed by atoms with Crippen molar-refractivity contribution in [3.8, 4) is 0 Å². The predicted octanol–water partition coefficient (Wildman–Crippen LogP) is 1.15. The highest BCUT2D eigenvalue weighted by atomic mass is 16.5. The Bertz CT molecular complexity index is 156. The summed E-state index contributed by atoms with van der Waals surface area (Å²) < 4.78 is 5.70. The summed E-state index contributed by atoms with van der Waals surface area (Å²) in [5, 5.41) is 0. The maximum Gasteiger partial charge on any atom is 0.0669 e. The first kappa shape index (κ1) is 7.56. The van der Waals surface area contributed by atoms with Crippen molar-refractivity contribution >= 4 is 0 Å². The Morgan fingerprint density at radius 3 is 2.82 bits per heavy atom. The van der Waals surface area contributed by atoms with Gasteiger partial charge >= 0.3 is 0 Å². The van der Waals surface area contributed by atoms with E-state index in [0.717, 1.165) is 25.5 Å². The average Bonchev–Trinajstić information content (AvgIpc) is 2.77. The van der Waals surface area contributed by atoms with Gasteiger partial charge in [0.2, 0.25) is 0 Å². The van der Waals surface area contributed by atoms with Crippen molar-refractivity contribution in [3.63, 3.8) is 0 Å². The smallest absolute Gasteiger partial charge is 0.0669 e. The minimum atomic E-state index is 0.293. The normalized spacial score (nSPS) is 44.7. The van der Waals surface area contributed by atoms with Crippen LogP contribution in [0.15, 0.2) is 0 Å². The molecule has 2 atom stereocenters. The van der Waals surface area contributed by atoms with E-state index in [1.807, 2.05) is 0 Å². The maximum absolute atomic E-state index is 5.74. The topological polar surface area (TPSA) is 35.2 Å². The van der Waals surface area contributed by atoms with Crippen molar-refractivity contribution in [2.75, 3.05) is 13.2 Å². The summed E-state index contributed by atoms with van der Waals surface area (Å²) >= 11 is 0. The fraction of sp³-hybridized carbons (Fsp3) is 1.00. The second-order valence-electron chi connectivity index (χ2n) is 4.24. The van der Waals surface area contributed by atoms with E-state index in [1.54, 1.807) is 0 Å². The third-order valence-electron chi connectivity index (χ3n) is 3.17. The quantitative estimate of drug-likeness (QED) is 0.649. The van der Waals surface area contributed by atoms with Gasteiger partial charge in [-0.1, -0.05) is 6.92 Å². The molecule has 1 aliphatic heterocycles. The lowest BCUT2D eigenvalue weighted by Gasteiger charge is -2.28. The summed E-state index contributed by atoms with van der Waals surface area (Å²) in [6, 6.07) is 0. The molecule has 0 spiro atoms. The van der Waals surface area contributed by atoms with Gasteiger partial charge in [0.25, 0.3) is 0 Å². The van der Waals surface area contributed by atoms with E-state index in [4.69, 9.17) is 10.5 Å². The molecule has 0 aromatic rings. The van der Waals surface area contributed by atoms with E-state index in [-0.39, 0.29) is 0 Å². The van der Waals surface area contributed by atoms with E-state index in [2.05, 4.69) is 6.92 Å². The summed E-state index contributed by atoms with van der Waals surface area (Å²) in [7, 11) is 0. The first-order valence-electron chi connectivity index (χ1n) is 4.58. The molecular formula is C9H17NO. The lowest BCUT2D eigenvalue weighted by molar-refractivity contribution is 0.0423. The molecule has 2 N–H and O–H groups in total. The van der Waals surface area contributed by atoms with Crippen molar-refractivity contribution in [3.05, 3.63) is 0 Å². The van der Waals surface area contributed by atoms with Crippen LogP contribution in [0.3, 0.4) is 0 Å². The van der Waals surface area contributed by atoms with Crippen LogP contribution in [0.25, 0.3) is 0 Å². The summed E-state index contributed by atoms with van der Waals surface area (Å²) in [6.07, 6.45) is 4.36. The standard InChI is InChI=1S/C9H17NO/c1-9(6-10)4-5-11-8(9)7-2-3-7/h7-8H,2-6,10H2,1H3. The third kappa shape index (κ3) is 1.18. The van der Waals surface area contributed by atoms with Crippen LogP contribution in [-0.4, -0.2) is 19.3 Å². The highest BCUT2D eigenvalue weighted by molar-refractivity contribution is 4.97. The van der Waals surface area contributed by atoms with Gasteiger partial charge < -0.3 is 10.5 Å². The zero-order chi connectivity index (χ0) is 7.90. The van der Waals surface area contributed by atoms with Crippen LogP contribution in [-0.2, 0) is 4.74 Å². The van der Waals surface area contributed by atoms with E-state index < -0.39 is 0 Å². The fourth-order valence-electron chi connectivity index (χ4n) is 2.08. The van der Waals surface area contributed by atoms with E-state index in [0.29, 0.717) is 11.5 Å². The number of nitrogens with two attached hydrogens (primary N) is 1. The molecule has 1 aliphatic carbocycles. The summed E-state index contributed by atoms with van der Waals surface area (Å²) in [5.74, 6) is 0.839. The predicted molar refractivity (Wildman–Crippen MR) is 44.2 cm³/mol. The molecule has 2 unspecified atom stereocenters. The first-order valence-corrected chi connectivity index (χ1v) is 4.58. The number of ether oxygens (including phenoxy) is 1. The van der Waals surface area contributed by atoms with Gasteiger partial charge in [-0.25, -0.2) is 0 Å². The van der Waals surface area contributed by atoms with Gasteiger partial charge in [-0.3, -0.25) is 0 Å². The highest BCUT2D eigenvalue weighted by Crippen LogP contribution is 2.46. The molecule has 0 radical (unpaired) electrons.